The molecule has 7 nitrogen and oxygen atoms in total. The lowest BCUT2D eigenvalue weighted by atomic mass is 10.3. The van der Waals surface area contributed by atoms with Crippen LogP contribution in [-0.4, -0.2) is 28.5 Å². The molecule has 8 heteroatoms. The van der Waals surface area contributed by atoms with E-state index in [0.717, 1.165) is 0 Å². The third-order valence-corrected chi connectivity index (χ3v) is 4.79. The van der Waals surface area contributed by atoms with Gasteiger partial charge >= 0.3 is 0 Å². The number of nitrogens with one attached hydrogen (secondary N) is 2. The van der Waals surface area contributed by atoms with E-state index < -0.39 is 10.0 Å². The number of amides is 1. The number of rotatable bonds is 7. The summed E-state index contributed by atoms with van der Waals surface area (Å²) in [4.78, 5) is 11.6. The van der Waals surface area contributed by atoms with E-state index >= 15 is 0 Å². The Labute approximate surface area is 147 Å². The summed E-state index contributed by atoms with van der Waals surface area (Å²) in [5.41, 5.74) is 0.609. The maximum Gasteiger partial charge on any atom is 0.262 e. The fraction of sp³-hybridized carbons (Fsp3) is 0.235. The molecule has 0 atom stereocenters. The molecular weight excluding hydrogens is 344 g/mol. The van der Waals surface area contributed by atoms with Gasteiger partial charge in [0.15, 0.2) is 0 Å². The number of sulfonamides is 1. The Bertz CT molecular complexity index is 865. The molecule has 0 unspecified atom stereocenters. The van der Waals surface area contributed by atoms with Gasteiger partial charge in [0, 0.05) is 6.42 Å². The van der Waals surface area contributed by atoms with Gasteiger partial charge in [-0.1, -0.05) is 19.1 Å². The molecule has 0 bridgehead atoms. The lowest BCUT2D eigenvalue weighted by Crippen LogP contribution is -2.15. The highest BCUT2D eigenvalue weighted by Crippen LogP contribution is 2.30. The van der Waals surface area contributed by atoms with Gasteiger partial charge in [-0.05, 0) is 30.3 Å². The zero-order valence-electron chi connectivity index (χ0n) is 14.2. The predicted octanol–water partition coefficient (Wildman–Crippen LogP) is 2.85. The SMILES string of the molecule is CCC(=O)Nc1cc(S(=O)(=O)Nc2ccccc2OC)ccc1OC. The maximum atomic E-state index is 12.7. The molecule has 0 saturated heterocycles. The molecule has 2 aromatic carbocycles. The fourth-order valence-electron chi connectivity index (χ4n) is 2.12. The van der Waals surface area contributed by atoms with E-state index in [4.69, 9.17) is 9.47 Å². The molecule has 0 fully saturated rings. The minimum Gasteiger partial charge on any atom is -0.495 e. The molecule has 2 aromatic rings. The Balaban J connectivity index is 2.38. The average molecular weight is 364 g/mol. The van der Waals surface area contributed by atoms with Crippen molar-refractivity contribution in [3.8, 4) is 11.5 Å². The normalized spacial score (nSPS) is 10.8. The zero-order valence-corrected chi connectivity index (χ0v) is 15.0. The second-order valence-corrected chi connectivity index (χ2v) is 6.75. The van der Waals surface area contributed by atoms with Gasteiger partial charge < -0.3 is 14.8 Å². The number of anilines is 2. The largest absolute Gasteiger partial charge is 0.495 e. The van der Waals surface area contributed by atoms with Gasteiger partial charge in [-0.25, -0.2) is 8.42 Å². The Morgan fingerprint density at radius 1 is 1.00 bits per heavy atom. The average Bonchev–Trinajstić information content (AvgIpc) is 2.61. The highest BCUT2D eigenvalue weighted by atomic mass is 32.2. The fourth-order valence-corrected chi connectivity index (χ4v) is 3.22. The summed E-state index contributed by atoms with van der Waals surface area (Å²) in [5, 5.41) is 2.63. The number of para-hydroxylation sites is 2. The number of methoxy groups -OCH3 is 2. The third-order valence-electron chi connectivity index (χ3n) is 3.43. The minimum atomic E-state index is -3.87. The van der Waals surface area contributed by atoms with Crippen LogP contribution in [-0.2, 0) is 14.8 Å². The van der Waals surface area contributed by atoms with Gasteiger partial charge in [0.05, 0.1) is 30.5 Å². The topological polar surface area (TPSA) is 93.7 Å². The molecular formula is C17H20N2O5S. The standard InChI is InChI=1S/C17H20N2O5S/c1-4-17(20)18-14-11-12(9-10-16(14)24-3)25(21,22)19-13-7-5-6-8-15(13)23-2/h5-11,19H,4H2,1-3H3,(H,18,20). The monoisotopic (exact) mass is 364 g/mol. The Morgan fingerprint density at radius 2 is 1.64 bits per heavy atom. The Kier molecular flexibility index (Phi) is 5.87. The van der Waals surface area contributed by atoms with Gasteiger partial charge in [0.25, 0.3) is 10.0 Å². The molecule has 2 rings (SSSR count). The first-order valence-corrected chi connectivity index (χ1v) is 9.03. The van der Waals surface area contributed by atoms with Crippen molar-refractivity contribution in [2.24, 2.45) is 0 Å². The van der Waals surface area contributed by atoms with Crippen LogP contribution in [0.15, 0.2) is 47.4 Å². The first kappa shape index (κ1) is 18.6. The van der Waals surface area contributed by atoms with Crippen LogP contribution < -0.4 is 19.5 Å². The van der Waals surface area contributed by atoms with Crippen LogP contribution in [0.4, 0.5) is 11.4 Å². The first-order chi connectivity index (χ1) is 11.9. The molecule has 0 saturated carbocycles. The van der Waals surface area contributed by atoms with Crippen molar-refractivity contribution >= 4 is 27.3 Å². The summed E-state index contributed by atoms with van der Waals surface area (Å²) < 4.78 is 38.1. The quantitative estimate of drug-likeness (QED) is 0.788. The molecule has 0 aliphatic carbocycles. The molecule has 0 aromatic heterocycles. The highest BCUT2D eigenvalue weighted by Gasteiger charge is 2.19. The minimum absolute atomic E-state index is 0.00870. The smallest absolute Gasteiger partial charge is 0.262 e. The summed E-state index contributed by atoms with van der Waals surface area (Å²) >= 11 is 0. The molecule has 0 spiro atoms. The zero-order chi connectivity index (χ0) is 18.4. The van der Waals surface area contributed by atoms with Gasteiger partial charge in [-0.2, -0.15) is 0 Å². The van der Waals surface area contributed by atoms with Crippen molar-refractivity contribution < 1.29 is 22.7 Å². The van der Waals surface area contributed by atoms with Crippen molar-refractivity contribution in [2.75, 3.05) is 24.3 Å². The molecule has 2 N–H and O–H groups in total. The van der Waals surface area contributed by atoms with Crippen molar-refractivity contribution in [3.63, 3.8) is 0 Å². The van der Waals surface area contributed by atoms with Crippen LogP contribution in [0.1, 0.15) is 13.3 Å². The van der Waals surface area contributed by atoms with E-state index in [0.29, 0.717) is 17.2 Å². The van der Waals surface area contributed by atoms with Gasteiger partial charge in [-0.15, -0.1) is 0 Å². The van der Waals surface area contributed by atoms with Crippen molar-refractivity contribution in [3.05, 3.63) is 42.5 Å². The van der Waals surface area contributed by atoms with E-state index in [-0.39, 0.29) is 22.9 Å². The second kappa shape index (κ2) is 7.89. The predicted molar refractivity (Wildman–Crippen MR) is 95.7 cm³/mol. The second-order valence-electron chi connectivity index (χ2n) is 5.07. The molecule has 1 amide bonds. The van der Waals surface area contributed by atoms with E-state index in [1.54, 1.807) is 31.2 Å². The molecule has 0 heterocycles. The van der Waals surface area contributed by atoms with Crippen LogP contribution in [0, 0.1) is 0 Å². The van der Waals surface area contributed by atoms with Crippen LogP contribution in [0.25, 0.3) is 0 Å². The lowest BCUT2D eigenvalue weighted by Gasteiger charge is -2.14. The third kappa shape index (κ3) is 4.42. The summed E-state index contributed by atoms with van der Waals surface area (Å²) in [6.45, 7) is 1.70. The summed E-state index contributed by atoms with van der Waals surface area (Å²) in [6.07, 6.45) is 0.263. The van der Waals surface area contributed by atoms with Crippen molar-refractivity contribution in [1.82, 2.24) is 0 Å². The van der Waals surface area contributed by atoms with Crippen molar-refractivity contribution in [1.29, 1.82) is 0 Å². The summed E-state index contributed by atoms with van der Waals surface area (Å²) in [6, 6.07) is 10.9. The van der Waals surface area contributed by atoms with Crippen LogP contribution >= 0.6 is 0 Å². The Hall–Kier alpha value is -2.74. The lowest BCUT2D eigenvalue weighted by molar-refractivity contribution is -0.115. The van der Waals surface area contributed by atoms with Crippen LogP contribution in [0.2, 0.25) is 0 Å². The van der Waals surface area contributed by atoms with E-state index in [2.05, 4.69) is 10.0 Å². The van der Waals surface area contributed by atoms with Gasteiger partial charge in [-0.3, -0.25) is 9.52 Å². The van der Waals surface area contributed by atoms with E-state index in [1.807, 2.05) is 0 Å². The number of ether oxygens (including phenoxy) is 2. The Morgan fingerprint density at radius 3 is 2.28 bits per heavy atom. The highest BCUT2D eigenvalue weighted by molar-refractivity contribution is 7.92. The van der Waals surface area contributed by atoms with E-state index in [1.165, 1.54) is 32.4 Å². The summed E-state index contributed by atoms with van der Waals surface area (Å²) in [5.74, 6) is 0.530. The number of carbonyl (C=O) groups excluding carboxylic acids is 1. The molecule has 0 aliphatic heterocycles. The van der Waals surface area contributed by atoms with Gasteiger partial charge in [0.2, 0.25) is 5.91 Å². The number of hydrogen-bond donors (Lipinski definition) is 2. The van der Waals surface area contributed by atoms with Gasteiger partial charge in [0.1, 0.15) is 11.5 Å². The van der Waals surface area contributed by atoms with E-state index in [9.17, 15) is 13.2 Å². The molecule has 134 valence electrons. The number of carbonyl (C=O) groups is 1. The van der Waals surface area contributed by atoms with Crippen LogP contribution in [0.5, 0.6) is 11.5 Å². The number of benzene rings is 2. The van der Waals surface area contributed by atoms with Crippen molar-refractivity contribution in [2.45, 2.75) is 18.2 Å². The van der Waals surface area contributed by atoms with Crippen LogP contribution in [0.3, 0.4) is 0 Å². The first-order valence-electron chi connectivity index (χ1n) is 7.55. The molecule has 0 aliphatic rings. The molecule has 25 heavy (non-hydrogen) atoms. The maximum absolute atomic E-state index is 12.7. The summed E-state index contributed by atoms with van der Waals surface area (Å²) in [7, 11) is -0.973. The molecule has 0 radical (unpaired) electrons. The number of hydrogen-bond acceptors (Lipinski definition) is 5.